The lowest BCUT2D eigenvalue weighted by molar-refractivity contribution is -0.0543. The Labute approximate surface area is 96.4 Å². The van der Waals surface area contributed by atoms with Gasteiger partial charge in [-0.15, -0.1) is 0 Å². The first kappa shape index (κ1) is 11.4. The molecule has 1 heterocycles. The summed E-state index contributed by atoms with van der Waals surface area (Å²) in [6.07, 6.45) is 1.43. The summed E-state index contributed by atoms with van der Waals surface area (Å²) >= 11 is 0. The van der Waals surface area contributed by atoms with Gasteiger partial charge in [0.1, 0.15) is 0 Å². The normalized spacial score (nSPS) is 19.4. The maximum atomic E-state index is 10.3. The van der Waals surface area contributed by atoms with Crippen molar-refractivity contribution in [2.24, 2.45) is 0 Å². The number of rotatable bonds is 3. The summed E-state index contributed by atoms with van der Waals surface area (Å²) < 4.78 is 5.25. The molecule has 0 amide bonds. The standard InChI is InChI=1S/C13H19NO2/c1-11-3-2-4-12(9-11)14-10-13(15)5-7-16-8-6-13/h2-4,9,14-15H,5-8,10H2,1H3. The molecule has 0 aliphatic carbocycles. The molecule has 88 valence electrons. The molecule has 2 N–H and O–H groups in total. The Bertz CT molecular complexity index is 346. The van der Waals surface area contributed by atoms with Gasteiger partial charge in [-0.3, -0.25) is 0 Å². The van der Waals surface area contributed by atoms with E-state index in [4.69, 9.17) is 4.74 Å². The predicted molar refractivity (Wildman–Crippen MR) is 64.7 cm³/mol. The Balaban J connectivity index is 1.91. The van der Waals surface area contributed by atoms with Crippen molar-refractivity contribution in [2.45, 2.75) is 25.4 Å². The number of nitrogens with one attached hydrogen (secondary N) is 1. The number of aryl methyl sites for hydroxylation is 1. The van der Waals surface area contributed by atoms with Gasteiger partial charge in [0, 0.05) is 38.3 Å². The van der Waals surface area contributed by atoms with E-state index < -0.39 is 5.60 Å². The molecule has 1 saturated heterocycles. The summed E-state index contributed by atoms with van der Waals surface area (Å²) in [4.78, 5) is 0. The molecule has 2 rings (SSSR count). The lowest BCUT2D eigenvalue weighted by Gasteiger charge is -2.32. The van der Waals surface area contributed by atoms with Gasteiger partial charge in [-0.1, -0.05) is 12.1 Å². The predicted octanol–water partition coefficient (Wildman–Crippen LogP) is 1.95. The molecule has 1 aromatic rings. The third kappa shape index (κ3) is 2.97. The molecule has 0 aromatic heterocycles. The molecule has 1 aromatic carbocycles. The maximum Gasteiger partial charge on any atom is 0.0863 e. The van der Waals surface area contributed by atoms with Crippen molar-refractivity contribution in [3.05, 3.63) is 29.8 Å². The molecule has 16 heavy (non-hydrogen) atoms. The first-order valence-corrected chi connectivity index (χ1v) is 5.79. The van der Waals surface area contributed by atoms with Crippen LogP contribution in [-0.4, -0.2) is 30.5 Å². The molecule has 3 heteroatoms. The summed E-state index contributed by atoms with van der Waals surface area (Å²) in [6, 6.07) is 8.19. The molecule has 3 nitrogen and oxygen atoms in total. The van der Waals surface area contributed by atoms with Gasteiger partial charge in [0.05, 0.1) is 5.60 Å². The second kappa shape index (κ2) is 4.85. The molecule has 0 atom stereocenters. The van der Waals surface area contributed by atoms with Crippen LogP contribution in [0.3, 0.4) is 0 Å². The third-order valence-electron chi connectivity index (χ3n) is 3.06. The van der Waals surface area contributed by atoms with Crippen molar-refractivity contribution >= 4 is 5.69 Å². The van der Waals surface area contributed by atoms with Crippen molar-refractivity contribution in [3.63, 3.8) is 0 Å². The van der Waals surface area contributed by atoms with Crippen LogP contribution in [0.25, 0.3) is 0 Å². The summed E-state index contributed by atoms with van der Waals surface area (Å²) in [5.41, 5.74) is 1.69. The van der Waals surface area contributed by atoms with Crippen LogP contribution in [0.4, 0.5) is 5.69 Å². The molecular formula is C13H19NO2. The van der Waals surface area contributed by atoms with Crippen molar-refractivity contribution in [1.29, 1.82) is 0 Å². The van der Waals surface area contributed by atoms with Crippen LogP contribution in [0.5, 0.6) is 0 Å². The summed E-state index contributed by atoms with van der Waals surface area (Å²) in [5, 5.41) is 13.5. The fraction of sp³-hybridized carbons (Fsp3) is 0.538. The van der Waals surface area contributed by atoms with E-state index in [1.165, 1.54) is 5.56 Å². The molecular weight excluding hydrogens is 202 g/mol. The average molecular weight is 221 g/mol. The van der Waals surface area contributed by atoms with E-state index in [1.807, 2.05) is 12.1 Å². The van der Waals surface area contributed by atoms with E-state index in [0.717, 1.165) is 5.69 Å². The maximum absolute atomic E-state index is 10.3. The summed E-state index contributed by atoms with van der Waals surface area (Å²) in [5.74, 6) is 0. The Hall–Kier alpha value is -1.06. The Morgan fingerprint density at radius 1 is 1.38 bits per heavy atom. The van der Waals surface area contributed by atoms with Gasteiger partial charge in [0.25, 0.3) is 0 Å². The largest absolute Gasteiger partial charge is 0.388 e. The van der Waals surface area contributed by atoms with E-state index >= 15 is 0 Å². The van der Waals surface area contributed by atoms with Crippen molar-refractivity contribution in [2.75, 3.05) is 25.1 Å². The van der Waals surface area contributed by atoms with Gasteiger partial charge in [0.2, 0.25) is 0 Å². The van der Waals surface area contributed by atoms with E-state index in [0.29, 0.717) is 32.6 Å². The highest BCUT2D eigenvalue weighted by molar-refractivity contribution is 5.45. The molecule has 0 unspecified atom stereocenters. The van der Waals surface area contributed by atoms with Crippen LogP contribution in [0, 0.1) is 6.92 Å². The van der Waals surface area contributed by atoms with Gasteiger partial charge in [0.15, 0.2) is 0 Å². The van der Waals surface area contributed by atoms with E-state index in [2.05, 4.69) is 24.4 Å². The number of hydrogen-bond donors (Lipinski definition) is 2. The Morgan fingerprint density at radius 3 is 2.81 bits per heavy atom. The van der Waals surface area contributed by atoms with Crippen LogP contribution < -0.4 is 5.32 Å². The minimum absolute atomic E-state index is 0.597. The van der Waals surface area contributed by atoms with Gasteiger partial charge < -0.3 is 15.2 Å². The van der Waals surface area contributed by atoms with Gasteiger partial charge in [-0.05, 0) is 24.6 Å². The molecule has 0 saturated carbocycles. The quantitative estimate of drug-likeness (QED) is 0.819. The highest BCUT2D eigenvalue weighted by Crippen LogP contribution is 2.21. The zero-order valence-corrected chi connectivity index (χ0v) is 9.70. The minimum atomic E-state index is -0.609. The smallest absolute Gasteiger partial charge is 0.0863 e. The fourth-order valence-corrected chi connectivity index (χ4v) is 1.95. The molecule has 1 fully saturated rings. The van der Waals surface area contributed by atoms with E-state index in [1.54, 1.807) is 0 Å². The minimum Gasteiger partial charge on any atom is -0.388 e. The monoisotopic (exact) mass is 221 g/mol. The summed E-state index contributed by atoms with van der Waals surface area (Å²) in [7, 11) is 0. The lowest BCUT2D eigenvalue weighted by Crippen LogP contribution is -2.42. The zero-order valence-electron chi connectivity index (χ0n) is 9.70. The van der Waals surface area contributed by atoms with E-state index in [-0.39, 0.29) is 0 Å². The van der Waals surface area contributed by atoms with Gasteiger partial charge in [-0.25, -0.2) is 0 Å². The highest BCUT2D eigenvalue weighted by Gasteiger charge is 2.29. The van der Waals surface area contributed by atoms with Crippen LogP contribution in [-0.2, 0) is 4.74 Å². The average Bonchev–Trinajstić information content (AvgIpc) is 2.28. The van der Waals surface area contributed by atoms with Crippen molar-refractivity contribution in [3.8, 4) is 0 Å². The molecule has 0 bridgehead atoms. The molecule has 0 radical (unpaired) electrons. The number of anilines is 1. The number of ether oxygens (including phenoxy) is 1. The van der Waals surface area contributed by atoms with Crippen LogP contribution in [0.15, 0.2) is 24.3 Å². The second-order valence-electron chi connectivity index (χ2n) is 4.56. The number of hydrogen-bond acceptors (Lipinski definition) is 3. The molecule has 1 aliphatic rings. The zero-order chi connectivity index (χ0) is 11.4. The SMILES string of the molecule is Cc1cccc(NCC2(O)CCOCC2)c1. The van der Waals surface area contributed by atoms with Crippen molar-refractivity contribution in [1.82, 2.24) is 0 Å². The van der Waals surface area contributed by atoms with Crippen LogP contribution in [0.2, 0.25) is 0 Å². The van der Waals surface area contributed by atoms with Gasteiger partial charge >= 0.3 is 0 Å². The number of benzene rings is 1. The van der Waals surface area contributed by atoms with Crippen LogP contribution >= 0.6 is 0 Å². The first-order valence-electron chi connectivity index (χ1n) is 5.79. The summed E-state index contributed by atoms with van der Waals surface area (Å²) in [6.45, 7) is 3.98. The molecule has 1 aliphatic heterocycles. The van der Waals surface area contributed by atoms with Crippen LogP contribution in [0.1, 0.15) is 18.4 Å². The second-order valence-corrected chi connectivity index (χ2v) is 4.56. The topological polar surface area (TPSA) is 41.5 Å². The highest BCUT2D eigenvalue weighted by atomic mass is 16.5. The van der Waals surface area contributed by atoms with E-state index in [9.17, 15) is 5.11 Å². The first-order chi connectivity index (χ1) is 7.68. The number of aliphatic hydroxyl groups is 1. The molecule has 0 spiro atoms. The third-order valence-corrected chi connectivity index (χ3v) is 3.06. The Morgan fingerprint density at radius 2 is 2.12 bits per heavy atom. The Kier molecular flexibility index (Phi) is 3.46. The van der Waals surface area contributed by atoms with Crippen molar-refractivity contribution < 1.29 is 9.84 Å². The lowest BCUT2D eigenvalue weighted by atomic mass is 9.94. The fourth-order valence-electron chi connectivity index (χ4n) is 1.95. The van der Waals surface area contributed by atoms with Gasteiger partial charge in [-0.2, -0.15) is 0 Å².